The summed E-state index contributed by atoms with van der Waals surface area (Å²) < 4.78 is 24.4. The van der Waals surface area contributed by atoms with Crippen LogP contribution in [0.3, 0.4) is 0 Å². The first-order valence-electron chi connectivity index (χ1n) is 18.3. The minimum absolute atomic E-state index is 0.163. The van der Waals surface area contributed by atoms with Crippen LogP contribution in [0.4, 0.5) is 0 Å². The number of hydrogen-bond acceptors (Lipinski definition) is 9. The van der Waals surface area contributed by atoms with Crippen LogP contribution in [0.25, 0.3) is 11.1 Å². The van der Waals surface area contributed by atoms with Crippen LogP contribution >= 0.6 is 11.6 Å². The minimum atomic E-state index is -0.830. The summed E-state index contributed by atoms with van der Waals surface area (Å²) in [6.45, 7) is 10.9. The van der Waals surface area contributed by atoms with Gasteiger partial charge in [0.1, 0.15) is 42.6 Å². The Labute approximate surface area is 316 Å². The highest BCUT2D eigenvalue weighted by Gasteiger charge is 2.29. The quantitative estimate of drug-likeness (QED) is 0.122. The number of piperidine rings is 1. The number of halogens is 1. The molecule has 278 valence electrons. The van der Waals surface area contributed by atoms with Gasteiger partial charge in [-0.2, -0.15) is 5.26 Å². The number of pyridine rings is 1. The Hall–Kier alpha value is -4.66. The first-order chi connectivity index (χ1) is 25.8. The zero-order valence-corrected chi connectivity index (χ0v) is 31.2. The number of carboxylic acid groups (broad SMARTS) is 1. The van der Waals surface area contributed by atoms with Crippen molar-refractivity contribution in [2.75, 3.05) is 46.0 Å². The highest BCUT2D eigenvalue weighted by Crippen LogP contribution is 2.37. The largest absolute Gasteiger partial charge is 0.493 e. The zero-order chi connectivity index (χ0) is 37.2. The minimum Gasteiger partial charge on any atom is -0.493 e. The van der Waals surface area contributed by atoms with Crippen LogP contribution in [-0.2, 0) is 29.3 Å². The lowest BCUT2D eigenvalue weighted by atomic mass is 9.93. The SMILES string of the molecule is Cc1c(COc2cc(OCc3cncc(C#N)c3)c(CN3CCCC[C@H]3C(=O)O)cc2Cl)cccc1-c1cccc(OCCCN2CCOCC2)c1C. The van der Waals surface area contributed by atoms with Gasteiger partial charge in [0, 0.05) is 55.8 Å². The maximum absolute atomic E-state index is 12.1. The molecule has 0 radical (unpaired) electrons. The molecule has 4 aromatic rings. The summed E-state index contributed by atoms with van der Waals surface area (Å²) in [7, 11) is 0. The summed E-state index contributed by atoms with van der Waals surface area (Å²) in [6, 6.07) is 19.3. The second kappa shape index (κ2) is 18.4. The third-order valence-corrected chi connectivity index (χ3v) is 10.4. The van der Waals surface area contributed by atoms with Crippen LogP contribution in [0.15, 0.2) is 67.0 Å². The maximum Gasteiger partial charge on any atom is 0.320 e. The van der Waals surface area contributed by atoms with Crippen molar-refractivity contribution in [3.63, 3.8) is 0 Å². The number of carbonyl (C=O) groups is 1. The number of ether oxygens (including phenoxy) is 4. The van der Waals surface area contributed by atoms with Gasteiger partial charge in [-0.05, 0) is 85.7 Å². The molecule has 0 aliphatic carbocycles. The van der Waals surface area contributed by atoms with Gasteiger partial charge in [0.25, 0.3) is 0 Å². The zero-order valence-electron chi connectivity index (χ0n) is 30.5. The van der Waals surface area contributed by atoms with Crippen LogP contribution in [0.5, 0.6) is 17.2 Å². The second-order valence-electron chi connectivity index (χ2n) is 13.7. The summed E-state index contributed by atoms with van der Waals surface area (Å²) in [5.41, 5.74) is 7.36. The van der Waals surface area contributed by atoms with Crippen molar-refractivity contribution in [1.82, 2.24) is 14.8 Å². The van der Waals surface area contributed by atoms with Crippen molar-refractivity contribution in [3.05, 3.63) is 105 Å². The normalized spacial score (nSPS) is 16.5. The molecule has 1 atom stereocenters. The molecule has 11 heteroatoms. The number of likely N-dealkylation sites (tertiary alicyclic amines) is 1. The molecule has 2 fully saturated rings. The van der Waals surface area contributed by atoms with Crippen LogP contribution in [0, 0.1) is 25.2 Å². The lowest BCUT2D eigenvalue weighted by Crippen LogP contribution is -2.44. The Balaban J connectivity index is 1.18. The number of morpholine rings is 1. The van der Waals surface area contributed by atoms with Gasteiger partial charge in [-0.3, -0.25) is 19.6 Å². The first-order valence-corrected chi connectivity index (χ1v) is 18.7. The van der Waals surface area contributed by atoms with E-state index in [0.717, 1.165) is 96.8 Å². The summed E-state index contributed by atoms with van der Waals surface area (Å²) in [6.07, 6.45) is 6.51. The van der Waals surface area contributed by atoms with Crippen LogP contribution in [-0.4, -0.2) is 77.9 Å². The molecule has 10 nitrogen and oxygen atoms in total. The van der Waals surface area contributed by atoms with Crippen LogP contribution in [0.2, 0.25) is 5.02 Å². The smallest absolute Gasteiger partial charge is 0.320 e. The van der Waals surface area contributed by atoms with Gasteiger partial charge >= 0.3 is 5.97 Å². The van der Waals surface area contributed by atoms with E-state index >= 15 is 0 Å². The molecule has 6 rings (SSSR count). The third kappa shape index (κ3) is 9.86. The molecule has 0 saturated carbocycles. The van der Waals surface area contributed by atoms with E-state index in [2.05, 4.69) is 48.0 Å². The maximum atomic E-state index is 12.1. The van der Waals surface area contributed by atoms with Crippen LogP contribution in [0.1, 0.15) is 59.1 Å². The monoisotopic (exact) mass is 738 g/mol. The van der Waals surface area contributed by atoms with Crippen molar-refractivity contribution in [3.8, 4) is 34.4 Å². The van der Waals surface area contributed by atoms with Crippen molar-refractivity contribution in [2.24, 2.45) is 0 Å². The van der Waals surface area contributed by atoms with E-state index < -0.39 is 12.0 Å². The Morgan fingerprint density at radius 1 is 0.925 bits per heavy atom. The number of nitriles is 1. The predicted molar refractivity (Wildman–Crippen MR) is 203 cm³/mol. The summed E-state index contributed by atoms with van der Waals surface area (Å²) in [5, 5.41) is 19.7. The second-order valence-corrected chi connectivity index (χ2v) is 14.1. The molecular weight excluding hydrogens is 692 g/mol. The molecule has 1 N–H and O–H groups in total. The summed E-state index contributed by atoms with van der Waals surface area (Å²) >= 11 is 6.86. The van der Waals surface area contributed by atoms with E-state index in [-0.39, 0.29) is 13.2 Å². The van der Waals surface area contributed by atoms with Gasteiger partial charge in [0.2, 0.25) is 0 Å². The van der Waals surface area contributed by atoms with Crippen molar-refractivity contribution < 1.29 is 28.8 Å². The summed E-state index contributed by atoms with van der Waals surface area (Å²) in [5.74, 6) is 1.05. The Kier molecular flexibility index (Phi) is 13.2. The van der Waals surface area contributed by atoms with Crippen LogP contribution < -0.4 is 14.2 Å². The highest BCUT2D eigenvalue weighted by atomic mass is 35.5. The van der Waals surface area contributed by atoms with Gasteiger partial charge in [0.15, 0.2) is 0 Å². The van der Waals surface area contributed by atoms with Crippen molar-refractivity contribution >= 4 is 17.6 Å². The van der Waals surface area contributed by atoms with Crippen molar-refractivity contribution in [1.29, 1.82) is 5.26 Å². The first kappa shape index (κ1) is 38.1. The van der Waals surface area contributed by atoms with Gasteiger partial charge in [-0.25, -0.2) is 0 Å². The molecule has 0 spiro atoms. The average Bonchev–Trinajstić information content (AvgIpc) is 3.17. The Bertz CT molecular complexity index is 1920. The standard InChI is InChI=1S/C42H47ClN4O6/c1-29-33(8-5-9-35(29)36-10-6-12-39(30(36)2)51-17-7-13-46-15-18-50-19-16-46)28-53-41-22-40(52-27-32-20-31(23-44)24-45-25-32)34(21-37(41)43)26-47-14-4-3-11-38(47)42(48)49/h5-6,8-10,12,20-22,24-25,38H,3-4,7,11,13-19,26-28H2,1-2H3,(H,48,49)/t38-/m0/s1. The van der Waals surface area contributed by atoms with Crippen molar-refractivity contribution in [2.45, 2.75) is 65.3 Å². The Morgan fingerprint density at radius 2 is 1.70 bits per heavy atom. The lowest BCUT2D eigenvalue weighted by Gasteiger charge is -2.33. The average molecular weight is 739 g/mol. The molecule has 0 unspecified atom stereocenters. The fraction of sp³-hybridized carbons (Fsp3) is 0.405. The molecule has 2 saturated heterocycles. The number of aromatic nitrogens is 1. The van der Waals surface area contributed by atoms with Gasteiger partial charge in [-0.15, -0.1) is 0 Å². The van der Waals surface area contributed by atoms with Gasteiger partial charge in [0.05, 0.1) is 30.4 Å². The number of benzene rings is 3. The number of rotatable bonds is 15. The topological polar surface area (TPSA) is 117 Å². The molecule has 3 aromatic carbocycles. The molecule has 0 bridgehead atoms. The van der Waals surface area contributed by atoms with E-state index in [4.69, 9.17) is 30.5 Å². The van der Waals surface area contributed by atoms with E-state index in [0.29, 0.717) is 48.2 Å². The summed E-state index contributed by atoms with van der Waals surface area (Å²) in [4.78, 5) is 20.6. The van der Waals surface area contributed by atoms with E-state index in [1.165, 1.54) is 6.20 Å². The predicted octanol–water partition coefficient (Wildman–Crippen LogP) is 7.59. The fourth-order valence-electron chi connectivity index (χ4n) is 7.06. The number of aliphatic carboxylic acids is 1. The van der Waals surface area contributed by atoms with E-state index in [1.807, 2.05) is 29.2 Å². The molecule has 2 aliphatic rings. The number of nitrogens with zero attached hydrogens (tertiary/aromatic N) is 4. The van der Waals surface area contributed by atoms with E-state index in [1.54, 1.807) is 18.3 Å². The third-order valence-electron chi connectivity index (χ3n) is 10.1. The molecule has 1 aromatic heterocycles. The lowest BCUT2D eigenvalue weighted by molar-refractivity contribution is -0.144. The Morgan fingerprint density at radius 3 is 2.49 bits per heavy atom. The number of carboxylic acids is 1. The van der Waals surface area contributed by atoms with E-state index in [9.17, 15) is 15.2 Å². The molecule has 2 aliphatic heterocycles. The fourth-order valence-corrected chi connectivity index (χ4v) is 7.30. The highest BCUT2D eigenvalue weighted by molar-refractivity contribution is 6.32. The molecular formula is C42H47ClN4O6. The van der Waals surface area contributed by atoms with Gasteiger partial charge in [-0.1, -0.05) is 48.4 Å². The number of hydrogen-bond donors (Lipinski definition) is 1. The molecule has 53 heavy (non-hydrogen) atoms. The van der Waals surface area contributed by atoms with Gasteiger partial charge < -0.3 is 24.1 Å². The molecule has 3 heterocycles. The molecule has 0 amide bonds.